The molecule has 4 rings (SSSR count). The quantitative estimate of drug-likeness (QED) is 0.197. The molecular formula is C36H44O4. The van der Waals surface area contributed by atoms with Gasteiger partial charge in [-0.05, 0) is 70.2 Å². The molecule has 4 nitrogen and oxygen atoms in total. The molecule has 4 N–H and O–H groups in total. The van der Waals surface area contributed by atoms with Gasteiger partial charge in [-0.1, -0.05) is 125 Å². The van der Waals surface area contributed by atoms with Crippen LogP contribution >= 0.6 is 0 Å². The summed E-state index contributed by atoms with van der Waals surface area (Å²) >= 11 is 0. The van der Waals surface area contributed by atoms with Crippen molar-refractivity contribution in [2.75, 3.05) is 13.2 Å². The summed E-state index contributed by atoms with van der Waals surface area (Å²) in [5.41, 5.74) is 5.00. The van der Waals surface area contributed by atoms with Crippen LogP contribution in [0.25, 0.3) is 0 Å². The molecule has 0 amide bonds. The summed E-state index contributed by atoms with van der Waals surface area (Å²) in [4.78, 5) is 0. The van der Waals surface area contributed by atoms with Crippen molar-refractivity contribution in [2.45, 2.75) is 64.6 Å². The highest BCUT2D eigenvalue weighted by atomic mass is 16.3. The van der Waals surface area contributed by atoms with E-state index < -0.39 is 11.2 Å². The first kappa shape index (κ1) is 31.3. The molecule has 2 atom stereocenters. The van der Waals surface area contributed by atoms with Gasteiger partial charge in [0.1, 0.15) is 11.2 Å². The van der Waals surface area contributed by atoms with Crippen LogP contribution in [0.15, 0.2) is 97.1 Å². The van der Waals surface area contributed by atoms with E-state index in [1.807, 2.05) is 97.1 Å². The predicted molar refractivity (Wildman–Crippen MR) is 163 cm³/mol. The molecule has 4 heteroatoms. The van der Waals surface area contributed by atoms with E-state index in [0.29, 0.717) is 0 Å². The van der Waals surface area contributed by atoms with Crippen LogP contribution in [-0.4, -0.2) is 33.6 Å². The number of aryl methyl sites for hydroxylation is 4. The Morgan fingerprint density at radius 3 is 1.02 bits per heavy atom. The molecule has 0 radical (unpaired) electrons. The number of aliphatic hydroxyl groups is 4. The van der Waals surface area contributed by atoms with Gasteiger partial charge in [-0.2, -0.15) is 0 Å². The van der Waals surface area contributed by atoms with Crippen molar-refractivity contribution in [1.29, 1.82) is 0 Å². The lowest BCUT2D eigenvalue weighted by Gasteiger charge is -2.27. The standard InChI is InChI=1S/2C18H22O2/c2*1-3-14-8-10-16(11-9-14)18(20,13-19)17-7-5-6-15(4-2)12-17/h2*5-12,19-20H,3-4,13H2,1-2H3. The fourth-order valence-electron chi connectivity index (χ4n) is 4.83. The Balaban J connectivity index is 0.000000220. The maximum atomic E-state index is 10.9. The fraction of sp³-hybridized carbons (Fsp3) is 0.333. The largest absolute Gasteiger partial charge is 0.393 e. The molecule has 0 aliphatic rings. The maximum absolute atomic E-state index is 10.9. The zero-order valence-electron chi connectivity index (χ0n) is 24.3. The Morgan fingerprint density at radius 1 is 0.425 bits per heavy atom. The molecule has 0 aliphatic heterocycles. The second-order valence-electron chi connectivity index (χ2n) is 10.2. The van der Waals surface area contributed by atoms with Crippen LogP contribution in [0.1, 0.15) is 72.2 Å². The minimum Gasteiger partial charge on any atom is -0.393 e. The highest BCUT2D eigenvalue weighted by Crippen LogP contribution is 2.31. The number of aliphatic hydroxyl groups excluding tert-OH is 2. The van der Waals surface area contributed by atoms with Crippen molar-refractivity contribution in [3.8, 4) is 0 Å². The van der Waals surface area contributed by atoms with Crippen LogP contribution < -0.4 is 0 Å². The minimum atomic E-state index is -1.34. The maximum Gasteiger partial charge on any atom is 0.138 e. The number of hydrogen-bond donors (Lipinski definition) is 4. The van der Waals surface area contributed by atoms with Gasteiger partial charge < -0.3 is 20.4 Å². The van der Waals surface area contributed by atoms with Crippen LogP contribution in [0.2, 0.25) is 0 Å². The third-order valence-corrected chi connectivity index (χ3v) is 7.76. The van der Waals surface area contributed by atoms with Gasteiger partial charge in [0.15, 0.2) is 0 Å². The van der Waals surface area contributed by atoms with Crippen molar-refractivity contribution >= 4 is 0 Å². The second-order valence-corrected chi connectivity index (χ2v) is 10.2. The SMILES string of the molecule is CCc1ccc(C(O)(CO)c2cccc(CC)c2)cc1.CCc1ccc(C(O)(CO)c2cccc(CC)c2)cc1. The van der Waals surface area contributed by atoms with E-state index in [4.69, 9.17) is 0 Å². The van der Waals surface area contributed by atoms with Gasteiger partial charge >= 0.3 is 0 Å². The first-order valence-electron chi connectivity index (χ1n) is 14.3. The van der Waals surface area contributed by atoms with Gasteiger partial charge in [0.05, 0.1) is 13.2 Å². The third kappa shape index (κ3) is 7.07. The van der Waals surface area contributed by atoms with E-state index in [-0.39, 0.29) is 13.2 Å². The summed E-state index contributed by atoms with van der Waals surface area (Å²) in [6, 6.07) is 31.1. The Morgan fingerprint density at radius 2 is 0.750 bits per heavy atom. The lowest BCUT2D eigenvalue weighted by molar-refractivity contribution is 0.0172. The van der Waals surface area contributed by atoms with Crippen LogP contribution in [0.3, 0.4) is 0 Å². The zero-order valence-corrected chi connectivity index (χ0v) is 24.3. The van der Waals surface area contributed by atoms with Gasteiger partial charge in [0, 0.05) is 0 Å². The van der Waals surface area contributed by atoms with E-state index in [9.17, 15) is 20.4 Å². The van der Waals surface area contributed by atoms with Crippen molar-refractivity contribution in [3.63, 3.8) is 0 Å². The van der Waals surface area contributed by atoms with E-state index in [0.717, 1.165) is 59.1 Å². The summed E-state index contributed by atoms with van der Waals surface area (Å²) in [5.74, 6) is 0. The van der Waals surface area contributed by atoms with Gasteiger partial charge in [-0.15, -0.1) is 0 Å². The molecule has 212 valence electrons. The molecular weight excluding hydrogens is 496 g/mol. The van der Waals surface area contributed by atoms with E-state index in [2.05, 4.69) is 27.7 Å². The molecule has 0 aromatic heterocycles. The normalized spacial score (nSPS) is 14.0. The van der Waals surface area contributed by atoms with Gasteiger partial charge in [0.2, 0.25) is 0 Å². The summed E-state index contributed by atoms with van der Waals surface area (Å²) in [5, 5.41) is 41.3. The lowest BCUT2D eigenvalue weighted by Crippen LogP contribution is -2.31. The summed E-state index contributed by atoms with van der Waals surface area (Å²) in [6.07, 6.45) is 3.74. The van der Waals surface area contributed by atoms with Gasteiger partial charge in [-0.25, -0.2) is 0 Å². The van der Waals surface area contributed by atoms with Crippen molar-refractivity contribution in [2.24, 2.45) is 0 Å². The third-order valence-electron chi connectivity index (χ3n) is 7.76. The van der Waals surface area contributed by atoms with Crippen LogP contribution in [0.5, 0.6) is 0 Å². The lowest BCUT2D eigenvalue weighted by atomic mass is 9.85. The Labute approximate surface area is 239 Å². The Kier molecular flexibility index (Phi) is 11.2. The molecule has 0 spiro atoms. The highest BCUT2D eigenvalue weighted by molar-refractivity contribution is 5.40. The second kappa shape index (κ2) is 14.4. The van der Waals surface area contributed by atoms with E-state index >= 15 is 0 Å². The van der Waals surface area contributed by atoms with Crippen LogP contribution in [-0.2, 0) is 36.9 Å². The van der Waals surface area contributed by atoms with Crippen molar-refractivity contribution in [1.82, 2.24) is 0 Å². The van der Waals surface area contributed by atoms with Crippen molar-refractivity contribution < 1.29 is 20.4 Å². The molecule has 0 saturated heterocycles. The highest BCUT2D eigenvalue weighted by Gasteiger charge is 2.32. The van der Waals surface area contributed by atoms with Gasteiger partial charge in [-0.3, -0.25) is 0 Å². The topological polar surface area (TPSA) is 80.9 Å². The molecule has 0 heterocycles. The Hall–Kier alpha value is -3.28. The zero-order chi connectivity index (χ0) is 29.2. The first-order valence-corrected chi connectivity index (χ1v) is 14.3. The molecule has 4 aromatic carbocycles. The van der Waals surface area contributed by atoms with E-state index in [1.165, 1.54) is 11.1 Å². The average Bonchev–Trinajstić information content (AvgIpc) is 3.04. The molecule has 0 saturated carbocycles. The average molecular weight is 541 g/mol. The molecule has 0 bridgehead atoms. The first-order chi connectivity index (χ1) is 19.3. The number of benzene rings is 4. The molecule has 0 aliphatic carbocycles. The molecule has 0 fully saturated rings. The van der Waals surface area contributed by atoms with Crippen LogP contribution in [0.4, 0.5) is 0 Å². The minimum absolute atomic E-state index is 0.328. The van der Waals surface area contributed by atoms with Gasteiger partial charge in [0.25, 0.3) is 0 Å². The molecule has 4 aromatic rings. The summed E-state index contributed by atoms with van der Waals surface area (Å²) in [6.45, 7) is 7.69. The molecule has 40 heavy (non-hydrogen) atoms. The van der Waals surface area contributed by atoms with Crippen molar-refractivity contribution in [3.05, 3.63) is 142 Å². The molecule has 2 unspecified atom stereocenters. The summed E-state index contributed by atoms with van der Waals surface area (Å²) < 4.78 is 0. The Bertz CT molecular complexity index is 1220. The monoisotopic (exact) mass is 540 g/mol. The fourth-order valence-corrected chi connectivity index (χ4v) is 4.83. The van der Waals surface area contributed by atoms with Crippen LogP contribution in [0, 0.1) is 0 Å². The number of rotatable bonds is 10. The summed E-state index contributed by atoms with van der Waals surface area (Å²) in [7, 11) is 0. The number of hydrogen-bond acceptors (Lipinski definition) is 4. The smallest absolute Gasteiger partial charge is 0.138 e. The predicted octanol–water partition coefficient (Wildman–Crippen LogP) is 6.08. The van der Waals surface area contributed by atoms with E-state index in [1.54, 1.807) is 0 Å².